The summed E-state index contributed by atoms with van der Waals surface area (Å²) in [6.07, 6.45) is 6.95. The van der Waals surface area contributed by atoms with Gasteiger partial charge in [0, 0.05) is 19.8 Å². The highest BCUT2D eigenvalue weighted by Gasteiger charge is 2.26. The molecule has 1 aromatic heterocycles. The Hall–Kier alpha value is -1.36. The minimum atomic E-state index is -0.0207. The molecule has 2 rings (SSSR count). The summed E-state index contributed by atoms with van der Waals surface area (Å²) in [4.78, 5) is 12.0. The van der Waals surface area contributed by atoms with Crippen LogP contribution in [0.15, 0.2) is 12.4 Å². The van der Waals surface area contributed by atoms with Gasteiger partial charge in [0.25, 0.3) is 0 Å². The second-order valence-corrected chi connectivity index (χ2v) is 5.11. The van der Waals surface area contributed by atoms with E-state index in [9.17, 15) is 4.79 Å². The minimum absolute atomic E-state index is 0.0207. The van der Waals surface area contributed by atoms with Crippen molar-refractivity contribution in [3.05, 3.63) is 18.0 Å². The Kier molecular flexibility index (Phi) is 4.36. The van der Waals surface area contributed by atoms with E-state index in [0.717, 1.165) is 24.9 Å². The average Bonchev–Trinajstić information content (AvgIpc) is 2.75. The fourth-order valence-corrected chi connectivity index (χ4v) is 2.44. The van der Waals surface area contributed by atoms with Crippen molar-refractivity contribution in [3.8, 4) is 0 Å². The number of carbonyl (C=O) groups excluding carboxylic acids is 1. The van der Waals surface area contributed by atoms with Crippen LogP contribution in [-0.4, -0.2) is 34.8 Å². The molecule has 0 spiro atoms. The van der Waals surface area contributed by atoms with Crippen LogP contribution < -0.4 is 10.6 Å². The molecule has 1 fully saturated rings. The molecule has 2 heterocycles. The Balaban J connectivity index is 1.74. The smallest absolute Gasteiger partial charge is 0.237 e. The van der Waals surface area contributed by atoms with Crippen LogP contribution in [0.2, 0.25) is 0 Å². The molecule has 0 saturated carbocycles. The average molecular weight is 250 g/mol. The largest absolute Gasteiger partial charge is 0.354 e. The molecule has 2 N–H and O–H groups in total. The van der Waals surface area contributed by atoms with E-state index in [2.05, 4.69) is 22.7 Å². The molecule has 0 radical (unpaired) electrons. The first kappa shape index (κ1) is 13.1. The predicted octanol–water partition coefficient (Wildman–Crippen LogP) is 0.467. The molecule has 100 valence electrons. The summed E-state index contributed by atoms with van der Waals surface area (Å²) in [5, 5.41) is 10.4. The number of aryl methyl sites for hydroxylation is 1. The van der Waals surface area contributed by atoms with Gasteiger partial charge in [-0.3, -0.25) is 9.48 Å². The van der Waals surface area contributed by atoms with Crippen LogP contribution in [0, 0.1) is 5.92 Å². The Bertz CT molecular complexity index is 401. The third-order valence-corrected chi connectivity index (χ3v) is 3.52. The number of rotatable bonds is 4. The van der Waals surface area contributed by atoms with Crippen LogP contribution >= 0.6 is 0 Å². The number of nitrogens with one attached hydrogen (secondary N) is 2. The van der Waals surface area contributed by atoms with Crippen molar-refractivity contribution in [1.29, 1.82) is 0 Å². The van der Waals surface area contributed by atoms with Gasteiger partial charge in [-0.2, -0.15) is 5.10 Å². The van der Waals surface area contributed by atoms with Crippen LogP contribution in [0.1, 0.15) is 25.3 Å². The van der Waals surface area contributed by atoms with Gasteiger partial charge in [0.15, 0.2) is 0 Å². The molecule has 1 aliphatic heterocycles. The zero-order chi connectivity index (χ0) is 13.0. The summed E-state index contributed by atoms with van der Waals surface area (Å²) in [6.45, 7) is 3.76. The number of aromatic nitrogens is 2. The lowest BCUT2D eigenvalue weighted by molar-refractivity contribution is -0.124. The van der Waals surface area contributed by atoms with E-state index in [0.29, 0.717) is 12.5 Å². The van der Waals surface area contributed by atoms with E-state index < -0.39 is 0 Å². The topological polar surface area (TPSA) is 59.0 Å². The van der Waals surface area contributed by atoms with Crippen LogP contribution in [0.25, 0.3) is 0 Å². The highest BCUT2D eigenvalue weighted by molar-refractivity contribution is 5.82. The Morgan fingerprint density at radius 3 is 3.17 bits per heavy atom. The van der Waals surface area contributed by atoms with Crippen LogP contribution in [0.4, 0.5) is 0 Å². The summed E-state index contributed by atoms with van der Waals surface area (Å²) in [7, 11) is 1.90. The van der Waals surface area contributed by atoms with Crippen molar-refractivity contribution >= 4 is 5.91 Å². The van der Waals surface area contributed by atoms with Gasteiger partial charge < -0.3 is 10.6 Å². The molecule has 2 unspecified atom stereocenters. The van der Waals surface area contributed by atoms with E-state index in [4.69, 9.17) is 0 Å². The Morgan fingerprint density at radius 1 is 1.67 bits per heavy atom. The van der Waals surface area contributed by atoms with Crippen molar-refractivity contribution in [3.63, 3.8) is 0 Å². The SMILES string of the molecule is CC1CCCNC1C(=O)NCCc1cnn(C)c1. The molecule has 5 nitrogen and oxygen atoms in total. The molecule has 1 aromatic rings. The van der Waals surface area contributed by atoms with Crippen molar-refractivity contribution < 1.29 is 4.79 Å². The summed E-state index contributed by atoms with van der Waals surface area (Å²) in [5.74, 6) is 0.559. The van der Waals surface area contributed by atoms with Gasteiger partial charge in [-0.1, -0.05) is 6.92 Å². The maximum atomic E-state index is 12.0. The third kappa shape index (κ3) is 3.32. The lowest BCUT2D eigenvalue weighted by Gasteiger charge is -2.28. The summed E-state index contributed by atoms with van der Waals surface area (Å²) in [5.41, 5.74) is 1.16. The van der Waals surface area contributed by atoms with Crippen molar-refractivity contribution in [2.45, 2.75) is 32.2 Å². The minimum Gasteiger partial charge on any atom is -0.354 e. The van der Waals surface area contributed by atoms with Crippen molar-refractivity contribution in [2.24, 2.45) is 13.0 Å². The molecule has 1 amide bonds. The lowest BCUT2D eigenvalue weighted by Crippen LogP contribution is -2.51. The normalized spacial score (nSPS) is 23.9. The van der Waals surface area contributed by atoms with Crippen LogP contribution in [0.5, 0.6) is 0 Å². The van der Waals surface area contributed by atoms with Gasteiger partial charge in [-0.15, -0.1) is 0 Å². The molecule has 0 bridgehead atoms. The van der Waals surface area contributed by atoms with Gasteiger partial charge in [-0.25, -0.2) is 0 Å². The predicted molar refractivity (Wildman–Crippen MR) is 70.1 cm³/mol. The lowest BCUT2D eigenvalue weighted by atomic mass is 9.92. The summed E-state index contributed by atoms with van der Waals surface area (Å²) < 4.78 is 1.78. The van der Waals surface area contributed by atoms with E-state index in [1.54, 1.807) is 4.68 Å². The number of hydrogen-bond donors (Lipinski definition) is 2. The Labute approximate surface area is 108 Å². The molecule has 0 aromatic carbocycles. The quantitative estimate of drug-likeness (QED) is 0.816. The van der Waals surface area contributed by atoms with Gasteiger partial charge in [0.2, 0.25) is 5.91 Å². The van der Waals surface area contributed by atoms with Gasteiger partial charge in [0.1, 0.15) is 0 Å². The van der Waals surface area contributed by atoms with E-state index >= 15 is 0 Å². The third-order valence-electron chi connectivity index (χ3n) is 3.52. The standard InChI is InChI=1S/C13H22N4O/c1-10-4-3-6-14-12(10)13(18)15-7-5-11-8-16-17(2)9-11/h8-10,12,14H,3-7H2,1-2H3,(H,15,18). The van der Waals surface area contributed by atoms with Crippen LogP contribution in [0.3, 0.4) is 0 Å². The van der Waals surface area contributed by atoms with Gasteiger partial charge >= 0.3 is 0 Å². The number of hydrogen-bond acceptors (Lipinski definition) is 3. The van der Waals surface area contributed by atoms with Gasteiger partial charge in [-0.05, 0) is 37.3 Å². The molecular formula is C13H22N4O. The van der Waals surface area contributed by atoms with Crippen molar-refractivity contribution in [2.75, 3.05) is 13.1 Å². The highest BCUT2D eigenvalue weighted by Crippen LogP contribution is 2.15. The maximum Gasteiger partial charge on any atom is 0.237 e. The maximum absolute atomic E-state index is 12.0. The zero-order valence-corrected chi connectivity index (χ0v) is 11.1. The fourth-order valence-electron chi connectivity index (χ4n) is 2.44. The summed E-state index contributed by atoms with van der Waals surface area (Å²) in [6, 6.07) is -0.0207. The van der Waals surface area contributed by atoms with Gasteiger partial charge in [0.05, 0.1) is 12.2 Å². The van der Waals surface area contributed by atoms with E-state index in [-0.39, 0.29) is 11.9 Å². The number of nitrogens with zero attached hydrogens (tertiary/aromatic N) is 2. The molecule has 1 aliphatic rings. The second kappa shape index (κ2) is 6.00. The first-order chi connectivity index (χ1) is 8.66. The van der Waals surface area contributed by atoms with E-state index in [1.165, 1.54) is 6.42 Å². The molecule has 5 heteroatoms. The van der Waals surface area contributed by atoms with Crippen molar-refractivity contribution in [1.82, 2.24) is 20.4 Å². The zero-order valence-electron chi connectivity index (χ0n) is 11.1. The molecule has 18 heavy (non-hydrogen) atoms. The molecule has 1 saturated heterocycles. The first-order valence-corrected chi connectivity index (χ1v) is 6.65. The first-order valence-electron chi connectivity index (χ1n) is 6.65. The van der Waals surface area contributed by atoms with E-state index in [1.807, 2.05) is 19.4 Å². The molecular weight excluding hydrogens is 228 g/mol. The summed E-state index contributed by atoms with van der Waals surface area (Å²) >= 11 is 0. The number of piperidine rings is 1. The number of carbonyl (C=O) groups is 1. The molecule has 2 atom stereocenters. The Morgan fingerprint density at radius 2 is 2.50 bits per heavy atom. The van der Waals surface area contributed by atoms with Crippen LogP contribution in [-0.2, 0) is 18.3 Å². The monoisotopic (exact) mass is 250 g/mol. The fraction of sp³-hybridized carbons (Fsp3) is 0.692. The molecule has 0 aliphatic carbocycles. The number of amides is 1. The second-order valence-electron chi connectivity index (χ2n) is 5.11. The highest BCUT2D eigenvalue weighted by atomic mass is 16.2.